The third-order valence-corrected chi connectivity index (χ3v) is 6.24. The molecule has 0 radical (unpaired) electrons. The van der Waals surface area contributed by atoms with Gasteiger partial charge in [0.25, 0.3) is 0 Å². The molecule has 4 heteroatoms. The number of nitrogens with one attached hydrogen (secondary N) is 1. The molecule has 0 unspecified atom stereocenters. The van der Waals surface area contributed by atoms with E-state index in [0.29, 0.717) is 12.5 Å². The number of carbonyl (C=O) groups is 1. The highest BCUT2D eigenvalue weighted by Gasteiger charge is 2.43. The van der Waals surface area contributed by atoms with Crippen LogP contribution in [0.1, 0.15) is 36.0 Å². The van der Waals surface area contributed by atoms with E-state index < -0.39 is 0 Å². The number of carbonyl (C=O) groups excluding carboxylic acids is 1. The predicted octanol–water partition coefficient (Wildman–Crippen LogP) is 6.06. The average Bonchev–Trinajstić information content (AvgIpc) is 3.68. The molecular weight excluding hydrogens is 408 g/mol. The second kappa shape index (κ2) is 9.29. The molecular formula is C29H26N2O2. The van der Waals surface area contributed by atoms with Gasteiger partial charge >= 0.3 is 0 Å². The van der Waals surface area contributed by atoms with Gasteiger partial charge in [-0.15, -0.1) is 0 Å². The number of ether oxygens (including phenoxy) is 1. The lowest BCUT2D eigenvalue weighted by Gasteiger charge is -2.10. The largest absolute Gasteiger partial charge is 0.489 e. The van der Waals surface area contributed by atoms with Crippen LogP contribution in [0, 0.1) is 5.92 Å². The molecule has 1 saturated carbocycles. The molecule has 0 heterocycles. The Labute approximate surface area is 193 Å². The van der Waals surface area contributed by atoms with Gasteiger partial charge in [-0.3, -0.25) is 4.79 Å². The van der Waals surface area contributed by atoms with Crippen LogP contribution in [0.5, 0.6) is 5.75 Å². The zero-order valence-electron chi connectivity index (χ0n) is 18.6. The van der Waals surface area contributed by atoms with Crippen LogP contribution in [0.15, 0.2) is 102 Å². The predicted molar refractivity (Wildman–Crippen MR) is 132 cm³/mol. The van der Waals surface area contributed by atoms with Gasteiger partial charge in [0.15, 0.2) is 0 Å². The smallest absolute Gasteiger partial charge is 0.243 e. The molecule has 4 aromatic rings. The molecule has 2 atom stereocenters. The van der Waals surface area contributed by atoms with Crippen LogP contribution in [-0.4, -0.2) is 11.6 Å². The zero-order chi connectivity index (χ0) is 22.6. The van der Waals surface area contributed by atoms with Crippen LogP contribution in [0.4, 0.5) is 0 Å². The van der Waals surface area contributed by atoms with Gasteiger partial charge in [-0.1, -0.05) is 72.8 Å². The van der Waals surface area contributed by atoms with Gasteiger partial charge in [0.1, 0.15) is 12.4 Å². The van der Waals surface area contributed by atoms with E-state index in [1.54, 1.807) is 0 Å². The first-order valence-electron chi connectivity index (χ1n) is 11.3. The summed E-state index contributed by atoms with van der Waals surface area (Å²) in [5, 5.41) is 6.74. The Kier molecular flexibility index (Phi) is 5.90. The van der Waals surface area contributed by atoms with Crippen LogP contribution >= 0.6 is 0 Å². The van der Waals surface area contributed by atoms with Crippen LogP contribution in [-0.2, 0) is 11.4 Å². The summed E-state index contributed by atoms with van der Waals surface area (Å²) in [6.45, 7) is 2.40. The quantitative estimate of drug-likeness (QED) is 0.284. The van der Waals surface area contributed by atoms with Crippen molar-refractivity contribution in [3.05, 3.63) is 114 Å². The van der Waals surface area contributed by atoms with Gasteiger partial charge in [-0.05, 0) is 71.0 Å². The molecule has 1 aliphatic carbocycles. The fourth-order valence-electron chi connectivity index (χ4n) is 4.21. The van der Waals surface area contributed by atoms with E-state index >= 15 is 0 Å². The number of hydrogen-bond acceptors (Lipinski definition) is 3. The van der Waals surface area contributed by atoms with Crippen molar-refractivity contribution < 1.29 is 9.53 Å². The Hall–Kier alpha value is -3.92. The minimum absolute atomic E-state index is 0.00814. The molecule has 0 aliphatic heterocycles. The Morgan fingerprint density at radius 1 is 0.909 bits per heavy atom. The number of hydrazone groups is 1. The normalized spacial score (nSPS) is 17.5. The SMILES string of the molecule is C/C(=N\NC(=O)[C@@H]1C[C@@H]1c1ccccc1)c1ccc(OCc2cccc3ccccc23)cc1. The third-order valence-electron chi connectivity index (χ3n) is 6.24. The lowest BCUT2D eigenvalue weighted by molar-refractivity contribution is -0.122. The van der Waals surface area contributed by atoms with Gasteiger partial charge in [-0.25, -0.2) is 5.43 Å². The van der Waals surface area contributed by atoms with E-state index in [1.165, 1.54) is 16.3 Å². The van der Waals surface area contributed by atoms with E-state index in [4.69, 9.17) is 4.74 Å². The van der Waals surface area contributed by atoms with E-state index in [2.05, 4.69) is 53.0 Å². The fourth-order valence-corrected chi connectivity index (χ4v) is 4.21. The van der Waals surface area contributed by atoms with E-state index in [9.17, 15) is 4.79 Å². The van der Waals surface area contributed by atoms with Gasteiger partial charge in [0, 0.05) is 5.92 Å². The zero-order valence-corrected chi connectivity index (χ0v) is 18.6. The van der Waals surface area contributed by atoms with Crippen molar-refractivity contribution in [1.29, 1.82) is 0 Å². The first kappa shape index (κ1) is 21.0. The van der Waals surface area contributed by atoms with E-state index in [0.717, 1.165) is 29.0 Å². The van der Waals surface area contributed by atoms with Crippen LogP contribution in [0.2, 0.25) is 0 Å². The second-order valence-corrected chi connectivity index (χ2v) is 8.48. The molecule has 0 bridgehead atoms. The average molecular weight is 435 g/mol. The van der Waals surface area contributed by atoms with Gasteiger partial charge in [0.05, 0.1) is 5.71 Å². The molecule has 0 aromatic heterocycles. The highest BCUT2D eigenvalue weighted by atomic mass is 16.5. The van der Waals surface area contributed by atoms with Gasteiger partial charge in [0.2, 0.25) is 5.91 Å². The number of fused-ring (bicyclic) bond motifs is 1. The summed E-state index contributed by atoms with van der Waals surface area (Å²) in [5.74, 6) is 1.10. The monoisotopic (exact) mass is 434 g/mol. The molecule has 1 N–H and O–H groups in total. The van der Waals surface area contributed by atoms with Crippen molar-refractivity contribution in [2.75, 3.05) is 0 Å². The maximum Gasteiger partial charge on any atom is 0.243 e. The minimum atomic E-state index is -0.0155. The molecule has 33 heavy (non-hydrogen) atoms. The molecule has 164 valence electrons. The summed E-state index contributed by atoms with van der Waals surface area (Å²) in [6.07, 6.45) is 0.882. The van der Waals surface area contributed by atoms with Crippen LogP contribution in [0.3, 0.4) is 0 Å². The molecule has 1 amide bonds. The van der Waals surface area contributed by atoms with Gasteiger partial charge in [-0.2, -0.15) is 5.10 Å². The molecule has 0 spiro atoms. The number of rotatable bonds is 7. The standard InChI is InChI=1S/C29H26N2O2/c1-20(30-31-29(32)28-18-27(28)23-8-3-2-4-9-23)21-14-16-25(17-15-21)33-19-24-12-7-11-22-10-5-6-13-26(22)24/h2-17,27-28H,18-19H2,1H3,(H,31,32)/b30-20+/t27-,28-/m1/s1. The highest BCUT2D eigenvalue weighted by molar-refractivity contribution is 5.99. The maximum absolute atomic E-state index is 12.5. The topological polar surface area (TPSA) is 50.7 Å². The maximum atomic E-state index is 12.5. The minimum Gasteiger partial charge on any atom is -0.489 e. The lowest BCUT2D eigenvalue weighted by Crippen LogP contribution is -2.21. The van der Waals surface area contributed by atoms with Crippen molar-refractivity contribution in [2.24, 2.45) is 11.0 Å². The summed E-state index contributed by atoms with van der Waals surface area (Å²) < 4.78 is 6.02. The highest BCUT2D eigenvalue weighted by Crippen LogP contribution is 2.47. The summed E-state index contributed by atoms with van der Waals surface area (Å²) in [6, 6.07) is 32.6. The molecule has 4 aromatic carbocycles. The third kappa shape index (κ3) is 4.80. The van der Waals surface area contributed by atoms with Crippen molar-refractivity contribution in [2.45, 2.75) is 25.9 Å². The fraction of sp³-hybridized carbons (Fsp3) is 0.172. The van der Waals surface area contributed by atoms with Crippen molar-refractivity contribution in [1.82, 2.24) is 5.43 Å². The summed E-state index contributed by atoms with van der Waals surface area (Å²) >= 11 is 0. The molecule has 1 aliphatic rings. The first-order chi connectivity index (χ1) is 16.2. The van der Waals surface area contributed by atoms with Gasteiger partial charge < -0.3 is 4.74 Å². The van der Waals surface area contributed by atoms with Crippen molar-refractivity contribution in [3.63, 3.8) is 0 Å². The Morgan fingerprint density at radius 3 is 2.45 bits per heavy atom. The van der Waals surface area contributed by atoms with E-state index in [1.807, 2.05) is 61.5 Å². The molecule has 4 nitrogen and oxygen atoms in total. The van der Waals surface area contributed by atoms with Crippen molar-refractivity contribution in [3.8, 4) is 5.75 Å². The summed E-state index contributed by atoms with van der Waals surface area (Å²) in [4.78, 5) is 12.5. The Balaban J connectivity index is 1.17. The second-order valence-electron chi connectivity index (χ2n) is 8.48. The number of amides is 1. The molecule has 5 rings (SSSR count). The Bertz CT molecular complexity index is 1290. The first-order valence-corrected chi connectivity index (χ1v) is 11.3. The van der Waals surface area contributed by atoms with Crippen LogP contribution in [0.25, 0.3) is 10.8 Å². The van der Waals surface area contributed by atoms with Crippen molar-refractivity contribution >= 4 is 22.4 Å². The summed E-state index contributed by atoms with van der Waals surface area (Å²) in [7, 11) is 0. The number of nitrogens with zero attached hydrogens (tertiary/aromatic N) is 1. The lowest BCUT2D eigenvalue weighted by atomic mass is 10.1. The molecule has 0 saturated heterocycles. The van der Waals surface area contributed by atoms with Crippen LogP contribution < -0.4 is 10.2 Å². The number of hydrogen-bond donors (Lipinski definition) is 1. The molecule has 1 fully saturated rings. The summed E-state index contributed by atoms with van der Waals surface area (Å²) in [5.41, 5.74) is 6.83. The van der Waals surface area contributed by atoms with E-state index in [-0.39, 0.29) is 11.8 Å². The Morgan fingerprint density at radius 2 is 1.64 bits per heavy atom. The number of benzene rings is 4.